The molecule has 0 aliphatic carbocycles. The highest BCUT2D eigenvalue weighted by molar-refractivity contribution is 5.92. The molecule has 0 radical (unpaired) electrons. The van der Waals surface area contributed by atoms with Crippen LogP contribution in [0.25, 0.3) is 0 Å². The van der Waals surface area contributed by atoms with Gasteiger partial charge in [-0.1, -0.05) is 39.0 Å². The number of amides is 1. The highest BCUT2D eigenvalue weighted by atomic mass is 16.1. The van der Waals surface area contributed by atoms with Gasteiger partial charge in [-0.15, -0.1) is 0 Å². The molecule has 108 valence electrons. The van der Waals surface area contributed by atoms with E-state index in [1.54, 1.807) is 18.2 Å². The molecule has 0 bridgehead atoms. The Balaban J connectivity index is 2.34. The van der Waals surface area contributed by atoms with Crippen molar-refractivity contribution in [3.05, 3.63) is 23.8 Å². The lowest BCUT2D eigenvalue weighted by molar-refractivity contribution is -0.116. The molecule has 20 heavy (non-hydrogen) atoms. The highest BCUT2D eigenvalue weighted by Crippen LogP contribution is 2.18. The molecule has 1 aromatic rings. The minimum atomic E-state index is -0.0400. The fourth-order valence-electron chi connectivity index (χ4n) is 2.04. The summed E-state index contributed by atoms with van der Waals surface area (Å²) in [6.45, 7) is 2.19. The summed E-state index contributed by atoms with van der Waals surface area (Å²) in [5.41, 5.74) is 7.08. The maximum atomic E-state index is 11.8. The van der Waals surface area contributed by atoms with E-state index in [4.69, 9.17) is 11.0 Å². The minimum Gasteiger partial charge on any atom is -0.399 e. The Morgan fingerprint density at radius 1 is 1.25 bits per heavy atom. The van der Waals surface area contributed by atoms with Crippen molar-refractivity contribution in [3.63, 3.8) is 0 Å². The summed E-state index contributed by atoms with van der Waals surface area (Å²) in [5, 5.41) is 11.8. The number of nitrogen functional groups attached to an aromatic ring is 1. The molecule has 4 nitrogen and oxygen atoms in total. The topological polar surface area (TPSA) is 78.9 Å². The minimum absolute atomic E-state index is 0.0400. The Morgan fingerprint density at radius 3 is 2.65 bits per heavy atom. The van der Waals surface area contributed by atoms with Gasteiger partial charge < -0.3 is 11.1 Å². The van der Waals surface area contributed by atoms with Crippen LogP contribution in [0.2, 0.25) is 0 Å². The maximum absolute atomic E-state index is 11.8. The van der Waals surface area contributed by atoms with Crippen molar-refractivity contribution in [2.75, 3.05) is 11.1 Å². The van der Waals surface area contributed by atoms with Gasteiger partial charge in [-0.05, 0) is 24.6 Å². The van der Waals surface area contributed by atoms with Crippen LogP contribution >= 0.6 is 0 Å². The van der Waals surface area contributed by atoms with Crippen LogP contribution in [0.5, 0.6) is 0 Å². The molecule has 0 saturated heterocycles. The Bertz CT molecular complexity index is 477. The van der Waals surface area contributed by atoms with Crippen molar-refractivity contribution in [2.45, 2.75) is 51.9 Å². The van der Waals surface area contributed by atoms with E-state index in [0.29, 0.717) is 23.4 Å². The van der Waals surface area contributed by atoms with Crippen LogP contribution in [0.1, 0.15) is 57.4 Å². The number of carbonyl (C=O) groups excluding carboxylic acids is 1. The molecule has 1 amide bonds. The van der Waals surface area contributed by atoms with Gasteiger partial charge in [0.15, 0.2) is 0 Å². The first-order chi connectivity index (χ1) is 9.67. The van der Waals surface area contributed by atoms with Gasteiger partial charge in [0.1, 0.15) is 6.07 Å². The third-order valence-corrected chi connectivity index (χ3v) is 3.20. The van der Waals surface area contributed by atoms with Gasteiger partial charge in [0.05, 0.1) is 11.3 Å². The summed E-state index contributed by atoms with van der Waals surface area (Å²) in [7, 11) is 0. The number of nitrogens with two attached hydrogens (primary N) is 1. The molecule has 3 N–H and O–H groups in total. The van der Waals surface area contributed by atoms with Crippen LogP contribution in [0.15, 0.2) is 18.2 Å². The summed E-state index contributed by atoms with van der Waals surface area (Å²) in [6.07, 6.45) is 7.41. The van der Waals surface area contributed by atoms with Crippen LogP contribution in [0.3, 0.4) is 0 Å². The number of hydrogen-bond donors (Lipinski definition) is 2. The summed E-state index contributed by atoms with van der Waals surface area (Å²) in [6, 6.07) is 6.96. The van der Waals surface area contributed by atoms with Crippen molar-refractivity contribution in [2.24, 2.45) is 0 Å². The first kappa shape index (κ1) is 16.0. The molecule has 0 aliphatic rings. The second-order valence-corrected chi connectivity index (χ2v) is 4.98. The largest absolute Gasteiger partial charge is 0.399 e. The van der Waals surface area contributed by atoms with Crippen molar-refractivity contribution in [1.29, 1.82) is 5.26 Å². The normalized spacial score (nSPS) is 10.0. The number of unbranched alkanes of at least 4 members (excludes halogenated alkanes) is 5. The Hall–Kier alpha value is -2.02. The highest BCUT2D eigenvalue weighted by Gasteiger charge is 2.07. The van der Waals surface area contributed by atoms with E-state index < -0.39 is 0 Å². The maximum Gasteiger partial charge on any atom is 0.224 e. The third-order valence-electron chi connectivity index (χ3n) is 3.20. The standard InChI is InChI=1S/C16H23N3O/c1-2-3-4-5-6-7-8-16(20)19-15-10-9-14(18)11-13(15)12-17/h9-11H,2-8,18H2,1H3,(H,19,20). The average molecular weight is 273 g/mol. The van der Waals surface area contributed by atoms with Gasteiger partial charge in [-0.2, -0.15) is 5.26 Å². The Morgan fingerprint density at radius 2 is 1.95 bits per heavy atom. The van der Waals surface area contributed by atoms with E-state index in [0.717, 1.165) is 12.8 Å². The summed E-state index contributed by atoms with van der Waals surface area (Å²) in [4.78, 5) is 11.8. The molecule has 0 heterocycles. The SMILES string of the molecule is CCCCCCCCC(=O)Nc1ccc(N)cc1C#N. The fourth-order valence-corrected chi connectivity index (χ4v) is 2.04. The fraction of sp³-hybridized carbons (Fsp3) is 0.500. The van der Waals surface area contributed by atoms with E-state index in [9.17, 15) is 4.79 Å². The number of nitrogens with one attached hydrogen (secondary N) is 1. The molecule has 0 spiro atoms. The first-order valence-corrected chi connectivity index (χ1v) is 7.27. The second kappa shape index (κ2) is 8.98. The molecular formula is C16H23N3O. The Labute approximate surface area is 121 Å². The van der Waals surface area contributed by atoms with E-state index in [1.165, 1.54) is 25.7 Å². The van der Waals surface area contributed by atoms with E-state index in [2.05, 4.69) is 12.2 Å². The van der Waals surface area contributed by atoms with Gasteiger partial charge >= 0.3 is 0 Å². The summed E-state index contributed by atoms with van der Waals surface area (Å²) < 4.78 is 0. The molecule has 0 saturated carbocycles. The molecule has 0 atom stereocenters. The van der Waals surface area contributed by atoms with Crippen LogP contribution < -0.4 is 11.1 Å². The van der Waals surface area contributed by atoms with Gasteiger partial charge in [-0.3, -0.25) is 4.79 Å². The monoisotopic (exact) mass is 273 g/mol. The number of rotatable bonds is 8. The second-order valence-electron chi connectivity index (χ2n) is 4.98. The first-order valence-electron chi connectivity index (χ1n) is 7.27. The smallest absolute Gasteiger partial charge is 0.224 e. The predicted octanol–water partition coefficient (Wildman–Crippen LogP) is 3.83. The van der Waals surface area contributed by atoms with Crippen LogP contribution in [-0.4, -0.2) is 5.91 Å². The van der Waals surface area contributed by atoms with Crippen LogP contribution in [-0.2, 0) is 4.79 Å². The van der Waals surface area contributed by atoms with Crippen molar-refractivity contribution >= 4 is 17.3 Å². The van der Waals surface area contributed by atoms with Crippen LogP contribution in [0.4, 0.5) is 11.4 Å². The summed E-state index contributed by atoms with van der Waals surface area (Å²) >= 11 is 0. The zero-order valence-corrected chi connectivity index (χ0v) is 12.1. The van der Waals surface area contributed by atoms with Gasteiger partial charge in [0.2, 0.25) is 5.91 Å². The average Bonchev–Trinajstić information content (AvgIpc) is 2.44. The Kier molecular flexibility index (Phi) is 7.20. The third kappa shape index (κ3) is 5.75. The predicted molar refractivity (Wildman–Crippen MR) is 82.2 cm³/mol. The zero-order chi connectivity index (χ0) is 14.8. The molecule has 0 unspecified atom stereocenters. The molecule has 4 heteroatoms. The van der Waals surface area contributed by atoms with Crippen LogP contribution in [0, 0.1) is 11.3 Å². The molecule has 1 rings (SSSR count). The lowest BCUT2D eigenvalue weighted by atomic mass is 10.1. The van der Waals surface area contributed by atoms with Gasteiger partial charge in [0.25, 0.3) is 0 Å². The zero-order valence-electron chi connectivity index (χ0n) is 12.1. The molecule has 0 fully saturated rings. The number of nitriles is 1. The summed E-state index contributed by atoms with van der Waals surface area (Å²) in [5.74, 6) is -0.0400. The van der Waals surface area contributed by atoms with E-state index in [1.807, 2.05) is 6.07 Å². The van der Waals surface area contributed by atoms with Crippen molar-refractivity contribution in [1.82, 2.24) is 0 Å². The molecular weight excluding hydrogens is 250 g/mol. The van der Waals surface area contributed by atoms with Crippen molar-refractivity contribution in [3.8, 4) is 6.07 Å². The quantitative estimate of drug-likeness (QED) is 0.558. The van der Waals surface area contributed by atoms with E-state index in [-0.39, 0.29) is 5.91 Å². The number of nitrogens with zero attached hydrogens (tertiary/aromatic N) is 1. The number of hydrogen-bond acceptors (Lipinski definition) is 3. The number of anilines is 2. The lowest BCUT2D eigenvalue weighted by Crippen LogP contribution is -2.12. The van der Waals surface area contributed by atoms with Crippen molar-refractivity contribution < 1.29 is 4.79 Å². The van der Waals surface area contributed by atoms with E-state index >= 15 is 0 Å². The molecule has 0 aliphatic heterocycles. The van der Waals surface area contributed by atoms with Gasteiger partial charge in [0, 0.05) is 12.1 Å². The lowest BCUT2D eigenvalue weighted by Gasteiger charge is -2.07. The number of benzene rings is 1. The number of carbonyl (C=O) groups is 1. The van der Waals surface area contributed by atoms with Gasteiger partial charge in [-0.25, -0.2) is 0 Å². The molecule has 1 aromatic carbocycles. The molecule has 0 aromatic heterocycles.